The van der Waals surface area contributed by atoms with Crippen molar-refractivity contribution in [3.05, 3.63) is 29.8 Å². The lowest BCUT2D eigenvalue weighted by Crippen LogP contribution is -2.43. The van der Waals surface area contributed by atoms with Gasteiger partial charge in [-0.15, -0.1) is 0 Å². The predicted octanol–water partition coefficient (Wildman–Crippen LogP) is 5.43. The quantitative estimate of drug-likeness (QED) is 0.648. The summed E-state index contributed by atoms with van der Waals surface area (Å²) in [6, 6.07) is 8.91. The lowest BCUT2D eigenvalue weighted by molar-refractivity contribution is -0.00359. The van der Waals surface area contributed by atoms with Crippen molar-refractivity contribution in [3.8, 4) is 0 Å². The molecule has 2 heteroatoms. The van der Waals surface area contributed by atoms with Crippen LogP contribution in [0.3, 0.4) is 0 Å². The van der Waals surface area contributed by atoms with Gasteiger partial charge in [-0.1, -0.05) is 18.2 Å². The summed E-state index contributed by atoms with van der Waals surface area (Å²) in [5.74, 6) is 4.87. The number of rotatable bonds is 2. The van der Waals surface area contributed by atoms with E-state index in [4.69, 9.17) is 11.7 Å². The first-order chi connectivity index (χ1) is 8.85. The zero-order valence-electron chi connectivity index (χ0n) is 10.5. The van der Waals surface area contributed by atoms with Crippen LogP contribution in [0.1, 0.15) is 43.6 Å². The van der Waals surface area contributed by atoms with Crippen LogP contribution in [0.15, 0.2) is 29.2 Å². The summed E-state index contributed by atoms with van der Waals surface area (Å²) in [5.41, 5.74) is 1.58. The van der Waals surface area contributed by atoms with Crippen molar-refractivity contribution in [2.75, 3.05) is 0 Å². The highest BCUT2D eigenvalue weighted by Gasteiger charge is 2.48. The standard InChI is InChI=1S/C16H19S2/c17-18-15-4-2-1-3-14(15)16-12-6-10-5-11(8-12)9-13(16)7-10/h1-4,10-13,16H,5-9H2. The zero-order chi connectivity index (χ0) is 12.1. The Morgan fingerprint density at radius 1 is 0.889 bits per heavy atom. The van der Waals surface area contributed by atoms with Gasteiger partial charge in [0, 0.05) is 4.90 Å². The van der Waals surface area contributed by atoms with Gasteiger partial charge in [-0.05, 0) is 95.8 Å². The van der Waals surface area contributed by atoms with Crippen LogP contribution in [0.2, 0.25) is 0 Å². The topological polar surface area (TPSA) is 0 Å². The van der Waals surface area contributed by atoms with E-state index in [1.807, 2.05) is 0 Å². The molecule has 0 saturated heterocycles. The van der Waals surface area contributed by atoms with Gasteiger partial charge in [-0.25, -0.2) is 0 Å². The molecular weight excluding hydrogens is 256 g/mol. The molecule has 1 aromatic rings. The second-order valence-corrected chi connectivity index (χ2v) is 7.68. The van der Waals surface area contributed by atoms with Crippen LogP contribution < -0.4 is 0 Å². The molecule has 5 rings (SSSR count). The Morgan fingerprint density at radius 2 is 1.50 bits per heavy atom. The predicted molar refractivity (Wildman–Crippen MR) is 79.7 cm³/mol. The molecule has 0 spiro atoms. The summed E-state index contributed by atoms with van der Waals surface area (Å²) in [5, 5.41) is 0. The average molecular weight is 275 g/mol. The van der Waals surface area contributed by atoms with E-state index in [1.54, 1.807) is 5.56 Å². The third kappa shape index (κ3) is 1.76. The summed E-state index contributed by atoms with van der Waals surface area (Å²) in [4.78, 5) is 1.35. The van der Waals surface area contributed by atoms with E-state index >= 15 is 0 Å². The van der Waals surface area contributed by atoms with Crippen LogP contribution in [0.5, 0.6) is 0 Å². The van der Waals surface area contributed by atoms with Crippen molar-refractivity contribution < 1.29 is 0 Å². The number of hydrogen-bond donors (Lipinski definition) is 0. The normalized spacial score (nSPS) is 41.3. The second-order valence-electron chi connectivity index (χ2n) is 6.58. The van der Waals surface area contributed by atoms with Crippen LogP contribution >= 0.6 is 22.5 Å². The molecule has 4 bridgehead atoms. The summed E-state index contributed by atoms with van der Waals surface area (Å²) < 4.78 is 0. The second kappa shape index (κ2) is 4.49. The van der Waals surface area contributed by atoms with Crippen LogP contribution in [0, 0.1) is 23.7 Å². The zero-order valence-corrected chi connectivity index (χ0v) is 12.2. The average Bonchev–Trinajstić information content (AvgIpc) is 2.38. The third-order valence-electron chi connectivity index (χ3n) is 5.59. The van der Waals surface area contributed by atoms with E-state index in [-0.39, 0.29) is 0 Å². The van der Waals surface area contributed by atoms with Crippen LogP contribution in [0.25, 0.3) is 0 Å². The summed E-state index contributed by atoms with van der Waals surface area (Å²) in [6.07, 6.45) is 7.52. The molecule has 0 unspecified atom stereocenters. The molecule has 1 aromatic carbocycles. The molecule has 95 valence electrons. The van der Waals surface area contributed by atoms with Crippen molar-refractivity contribution in [1.82, 2.24) is 0 Å². The fraction of sp³-hybridized carbons (Fsp3) is 0.625. The van der Waals surface area contributed by atoms with Gasteiger partial charge in [-0.2, -0.15) is 0 Å². The lowest BCUT2D eigenvalue weighted by Gasteiger charge is -2.54. The van der Waals surface area contributed by atoms with Crippen molar-refractivity contribution >= 4 is 22.5 Å². The maximum atomic E-state index is 5.26. The van der Waals surface area contributed by atoms with E-state index in [1.165, 1.54) is 47.8 Å². The van der Waals surface area contributed by atoms with Gasteiger partial charge in [0.05, 0.1) is 0 Å². The molecule has 0 amide bonds. The Bertz CT molecular complexity index is 426. The SMILES string of the molecule is [S]Sc1ccccc1C1C2CC3CC(C2)CC1C3. The van der Waals surface area contributed by atoms with Crippen molar-refractivity contribution in [1.29, 1.82) is 0 Å². The maximum Gasteiger partial charge on any atom is 0.0226 e. The minimum Gasteiger partial charge on any atom is -0.0619 e. The fourth-order valence-electron chi connectivity index (χ4n) is 5.26. The number of hydrogen-bond acceptors (Lipinski definition) is 1. The first-order valence-corrected chi connectivity index (χ1v) is 8.98. The highest BCUT2D eigenvalue weighted by atomic mass is 33.1. The van der Waals surface area contributed by atoms with E-state index in [0.29, 0.717) is 0 Å². The molecule has 1 radical (unpaired) electrons. The molecule has 0 heterocycles. The fourth-order valence-corrected chi connectivity index (χ4v) is 6.15. The van der Waals surface area contributed by atoms with Gasteiger partial charge >= 0.3 is 0 Å². The minimum absolute atomic E-state index is 0.824. The molecule has 0 N–H and O–H groups in total. The highest BCUT2D eigenvalue weighted by molar-refractivity contribution is 8.68. The first-order valence-electron chi connectivity index (χ1n) is 7.24. The Hall–Kier alpha value is -0.0800. The van der Waals surface area contributed by atoms with E-state index < -0.39 is 0 Å². The van der Waals surface area contributed by atoms with Crippen LogP contribution in [0.4, 0.5) is 0 Å². The summed E-state index contributed by atoms with van der Waals surface area (Å²) in [6.45, 7) is 0. The molecule has 0 atom stereocenters. The summed E-state index contributed by atoms with van der Waals surface area (Å²) in [7, 11) is 1.52. The third-order valence-corrected chi connectivity index (χ3v) is 6.68. The largest absolute Gasteiger partial charge is 0.0619 e. The van der Waals surface area contributed by atoms with E-state index in [0.717, 1.165) is 29.6 Å². The molecule has 4 aliphatic rings. The maximum absolute atomic E-state index is 5.26. The van der Waals surface area contributed by atoms with Crippen LogP contribution in [-0.2, 0) is 0 Å². The molecule has 18 heavy (non-hydrogen) atoms. The molecular formula is C16H19S2. The number of benzene rings is 1. The van der Waals surface area contributed by atoms with E-state index in [9.17, 15) is 0 Å². The highest BCUT2D eigenvalue weighted by Crippen LogP contribution is 2.60. The minimum atomic E-state index is 0.824. The first kappa shape index (κ1) is 11.7. The van der Waals surface area contributed by atoms with Gasteiger partial charge in [0.15, 0.2) is 0 Å². The van der Waals surface area contributed by atoms with Gasteiger partial charge in [-0.3, -0.25) is 0 Å². The molecule has 0 aromatic heterocycles. The van der Waals surface area contributed by atoms with Crippen molar-refractivity contribution in [2.24, 2.45) is 23.7 Å². The smallest absolute Gasteiger partial charge is 0.0226 e. The lowest BCUT2D eigenvalue weighted by atomic mass is 9.51. The van der Waals surface area contributed by atoms with Crippen molar-refractivity contribution in [3.63, 3.8) is 0 Å². The Balaban J connectivity index is 1.72. The van der Waals surface area contributed by atoms with Gasteiger partial charge < -0.3 is 0 Å². The molecule has 0 nitrogen and oxygen atoms in total. The van der Waals surface area contributed by atoms with Gasteiger partial charge in [0.1, 0.15) is 0 Å². The van der Waals surface area contributed by atoms with Crippen molar-refractivity contribution in [2.45, 2.75) is 42.9 Å². The van der Waals surface area contributed by atoms with Gasteiger partial charge in [0.25, 0.3) is 0 Å². The van der Waals surface area contributed by atoms with Gasteiger partial charge in [0.2, 0.25) is 0 Å². The Labute approximate surface area is 119 Å². The molecule has 4 saturated carbocycles. The molecule has 0 aliphatic heterocycles. The van der Waals surface area contributed by atoms with Crippen LogP contribution in [-0.4, -0.2) is 0 Å². The molecule has 4 aliphatic carbocycles. The summed E-state index contributed by atoms with van der Waals surface area (Å²) >= 11 is 5.26. The Morgan fingerprint density at radius 3 is 2.11 bits per heavy atom. The Kier molecular flexibility index (Phi) is 2.92. The van der Waals surface area contributed by atoms with E-state index in [2.05, 4.69) is 24.3 Å². The molecule has 4 fully saturated rings. The monoisotopic (exact) mass is 275 g/mol.